The summed E-state index contributed by atoms with van der Waals surface area (Å²) in [6, 6.07) is 13.7. The summed E-state index contributed by atoms with van der Waals surface area (Å²) in [6.45, 7) is 0.312. The van der Waals surface area contributed by atoms with Crippen molar-refractivity contribution >= 4 is 5.97 Å². The van der Waals surface area contributed by atoms with Crippen LogP contribution in [-0.2, 0) is 11.4 Å². The number of hydrogen-bond acceptors (Lipinski definition) is 4. The number of phenols is 1. The van der Waals surface area contributed by atoms with E-state index in [2.05, 4.69) is 0 Å². The zero-order chi connectivity index (χ0) is 15.2. The number of para-hydroxylation sites is 1. The number of ether oxygens (including phenoxy) is 1. The maximum absolute atomic E-state index is 10.7. The summed E-state index contributed by atoms with van der Waals surface area (Å²) in [4.78, 5) is 10.7. The molecule has 0 aliphatic heterocycles. The maximum atomic E-state index is 10.7. The van der Waals surface area contributed by atoms with Gasteiger partial charge in [0.05, 0.1) is 6.42 Å². The molecule has 21 heavy (non-hydrogen) atoms. The largest absolute Gasteiger partial charge is 0.504 e. The van der Waals surface area contributed by atoms with Crippen LogP contribution in [0.15, 0.2) is 48.5 Å². The van der Waals surface area contributed by atoms with Gasteiger partial charge in [-0.25, -0.2) is 0 Å². The summed E-state index contributed by atoms with van der Waals surface area (Å²) in [5.41, 5.74) is 7.11. The summed E-state index contributed by atoms with van der Waals surface area (Å²) in [5.74, 6) is -0.836. The number of phenolic OH excluding ortho intramolecular Hbond substituents is 1. The van der Waals surface area contributed by atoms with E-state index >= 15 is 0 Å². The predicted octanol–water partition coefficient (Wildman–Crippen LogP) is 2.45. The fourth-order valence-corrected chi connectivity index (χ4v) is 1.99. The number of carboxylic acids is 1. The van der Waals surface area contributed by atoms with Crippen LogP contribution in [0.25, 0.3) is 0 Å². The quantitative estimate of drug-likeness (QED) is 0.759. The Bertz CT molecular complexity index is 613. The summed E-state index contributed by atoms with van der Waals surface area (Å²) >= 11 is 0. The number of benzene rings is 2. The van der Waals surface area contributed by atoms with Crippen LogP contribution < -0.4 is 10.5 Å². The lowest BCUT2D eigenvalue weighted by molar-refractivity contribution is -0.137. The zero-order valence-electron chi connectivity index (χ0n) is 11.4. The van der Waals surface area contributed by atoms with Crippen LogP contribution in [0.4, 0.5) is 0 Å². The Morgan fingerprint density at radius 2 is 1.86 bits per heavy atom. The Morgan fingerprint density at radius 3 is 2.52 bits per heavy atom. The predicted molar refractivity (Wildman–Crippen MR) is 78.1 cm³/mol. The average molecular weight is 287 g/mol. The highest BCUT2D eigenvalue weighted by molar-refractivity contribution is 5.68. The molecule has 2 aromatic rings. The lowest BCUT2D eigenvalue weighted by Crippen LogP contribution is -2.15. The van der Waals surface area contributed by atoms with Gasteiger partial charge >= 0.3 is 5.97 Å². The normalized spacial score (nSPS) is 11.9. The molecule has 1 atom stereocenters. The van der Waals surface area contributed by atoms with E-state index < -0.39 is 12.0 Å². The third-order valence-electron chi connectivity index (χ3n) is 3.06. The van der Waals surface area contributed by atoms with Gasteiger partial charge in [0.2, 0.25) is 0 Å². The SMILES string of the molecule is NC(CC(=O)O)c1cccc(OCc2ccccc2)c1O. The Hall–Kier alpha value is -2.53. The third-order valence-corrected chi connectivity index (χ3v) is 3.06. The van der Waals surface area contributed by atoms with Crippen molar-refractivity contribution in [2.45, 2.75) is 19.1 Å². The van der Waals surface area contributed by atoms with Crippen LogP contribution in [0, 0.1) is 0 Å². The number of aromatic hydroxyl groups is 1. The second-order valence-electron chi connectivity index (χ2n) is 4.67. The van der Waals surface area contributed by atoms with Crippen molar-refractivity contribution in [1.82, 2.24) is 0 Å². The van der Waals surface area contributed by atoms with Gasteiger partial charge in [0.25, 0.3) is 0 Å². The van der Waals surface area contributed by atoms with E-state index in [1.165, 1.54) is 0 Å². The van der Waals surface area contributed by atoms with Crippen molar-refractivity contribution in [3.63, 3.8) is 0 Å². The Balaban J connectivity index is 2.12. The van der Waals surface area contributed by atoms with Gasteiger partial charge in [-0.2, -0.15) is 0 Å². The first-order valence-electron chi connectivity index (χ1n) is 6.54. The summed E-state index contributed by atoms with van der Waals surface area (Å²) < 4.78 is 5.57. The molecule has 0 saturated carbocycles. The van der Waals surface area contributed by atoms with Crippen molar-refractivity contribution in [3.8, 4) is 11.5 Å². The molecule has 2 aromatic carbocycles. The molecule has 0 bridgehead atoms. The lowest BCUT2D eigenvalue weighted by Gasteiger charge is -2.15. The Morgan fingerprint density at radius 1 is 1.14 bits per heavy atom. The second kappa shape index (κ2) is 6.76. The van der Waals surface area contributed by atoms with Gasteiger partial charge in [0.1, 0.15) is 6.61 Å². The van der Waals surface area contributed by atoms with E-state index in [0.717, 1.165) is 5.56 Å². The minimum atomic E-state index is -1.02. The number of aliphatic carboxylic acids is 1. The average Bonchev–Trinajstić information content (AvgIpc) is 2.46. The fraction of sp³-hybridized carbons (Fsp3) is 0.188. The van der Waals surface area contributed by atoms with Crippen LogP contribution in [0.5, 0.6) is 11.5 Å². The molecule has 2 rings (SSSR count). The molecular formula is C16H17NO4. The summed E-state index contributed by atoms with van der Waals surface area (Å²) in [7, 11) is 0. The van der Waals surface area contributed by atoms with Crippen molar-refractivity contribution in [2.75, 3.05) is 0 Å². The molecule has 4 N–H and O–H groups in total. The van der Waals surface area contributed by atoms with Gasteiger partial charge < -0.3 is 20.7 Å². The highest BCUT2D eigenvalue weighted by Gasteiger charge is 2.17. The molecule has 1 unspecified atom stereocenters. The standard InChI is InChI=1S/C16H17NO4/c17-13(9-15(18)19)12-7-4-8-14(16(12)20)21-10-11-5-2-1-3-6-11/h1-8,13,20H,9-10,17H2,(H,18,19). The molecule has 110 valence electrons. The first kappa shape index (κ1) is 14.9. The smallest absolute Gasteiger partial charge is 0.305 e. The van der Waals surface area contributed by atoms with Gasteiger partial charge in [0, 0.05) is 11.6 Å². The first-order chi connectivity index (χ1) is 10.1. The van der Waals surface area contributed by atoms with Gasteiger partial charge in [-0.3, -0.25) is 4.79 Å². The van der Waals surface area contributed by atoms with E-state index in [-0.39, 0.29) is 17.9 Å². The lowest BCUT2D eigenvalue weighted by atomic mass is 10.0. The van der Waals surface area contributed by atoms with E-state index in [9.17, 15) is 9.90 Å². The molecule has 0 heterocycles. The maximum Gasteiger partial charge on any atom is 0.305 e. The summed E-state index contributed by atoms with van der Waals surface area (Å²) in [6.07, 6.45) is -0.254. The first-order valence-corrected chi connectivity index (χ1v) is 6.54. The fourth-order valence-electron chi connectivity index (χ4n) is 1.99. The molecule has 0 aliphatic carbocycles. The number of nitrogens with two attached hydrogens (primary N) is 1. The third kappa shape index (κ3) is 3.97. The summed E-state index contributed by atoms with van der Waals surface area (Å²) in [5, 5.41) is 18.9. The minimum absolute atomic E-state index is 0.109. The Kier molecular flexibility index (Phi) is 4.79. The van der Waals surface area contributed by atoms with Crippen LogP contribution in [0.3, 0.4) is 0 Å². The monoisotopic (exact) mass is 287 g/mol. The van der Waals surface area contributed by atoms with Gasteiger partial charge in [-0.15, -0.1) is 0 Å². The number of rotatable bonds is 6. The van der Waals surface area contributed by atoms with Gasteiger partial charge in [-0.1, -0.05) is 42.5 Å². The highest BCUT2D eigenvalue weighted by Crippen LogP contribution is 2.34. The topological polar surface area (TPSA) is 92.8 Å². The van der Waals surface area contributed by atoms with Crippen LogP contribution in [-0.4, -0.2) is 16.2 Å². The molecular weight excluding hydrogens is 270 g/mol. The number of carbonyl (C=O) groups is 1. The molecule has 5 nitrogen and oxygen atoms in total. The molecule has 0 amide bonds. The second-order valence-corrected chi connectivity index (χ2v) is 4.67. The van der Waals surface area contributed by atoms with Gasteiger partial charge in [-0.05, 0) is 11.6 Å². The molecule has 0 aliphatic rings. The van der Waals surface area contributed by atoms with Crippen molar-refractivity contribution in [3.05, 3.63) is 59.7 Å². The van der Waals surface area contributed by atoms with E-state index in [0.29, 0.717) is 12.2 Å². The van der Waals surface area contributed by atoms with Crippen LogP contribution in [0.2, 0.25) is 0 Å². The zero-order valence-corrected chi connectivity index (χ0v) is 11.4. The number of hydrogen-bond donors (Lipinski definition) is 3. The van der Waals surface area contributed by atoms with Gasteiger partial charge in [0.15, 0.2) is 11.5 Å². The minimum Gasteiger partial charge on any atom is -0.504 e. The molecule has 5 heteroatoms. The highest BCUT2D eigenvalue weighted by atomic mass is 16.5. The van der Waals surface area contributed by atoms with E-state index in [1.807, 2.05) is 30.3 Å². The molecule has 0 aromatic heterocycles. The van der Waals surface area contributed by atoms with Crippen molar-refractivity contribution in [1.29, 1.82) is 0 Å². The van der Waals surface area contributed by atoms with Crippen LogP contribution >= 0.6 is 0 Å². The van der Waals surface area contributed by atoms with Crippen molar-refractivity contribution in [2.24, 2.45) is 5.73 Å². The van der Waals surface area contributed by atoms with Crippen molar-refractivity contribution < 1.29 is 19.7 Å². The van der Waals surface area contributed by atoms with E-state index in [4.69, 9.17) is 15.6 Å². The van der Waals surface area contributed by atoms with Crippen LogP contribution in [0.1, 0.15) is 23.6 Å². The molecule has 0 radical (unpaired) electrons. The van der Waals surface area contributed by atoms with E-state index in [1.54, 1.807) is 18.2 Å². The molecule has 0 fully saturated rings. The molecule has 0 spiro atoms. The Labute approximate surface area is 122 Å². The molecule has 0 saturated heterocycles. The number of carboxylic acid groups (broad SMARTS) is 1.